The van der Waals surface area contributed by atoms with E-state index in [1.54, 1.807) is 17.0 Å². The van der Waals surface area contributed by atoms with Gasteiger partial charge < -0.3 is 15.0 Å². The first-order valence-electron chi connectivity index (χ1n) is 9.25. The smallest absolute Gasteiger partial charge is 0.260 e. The Bertz CT molecular complexity index is 818. The van der Waals surface area contributed by atoms with E-state index in [1.807, 2.05) is 48.2 Å². The molecule has 1 aliphatic heterocycles. The number of benzene rings is 2. The molecule has 3 rings (SSSR count). The van der Waals surface area contributed by atoms with Crippen molar-refractivity contribution in [1.29, 1.82) is 0 Å². The average molecular weight is 402 g/mol. The summed E-state index contributed by atoms with van der Waals surface area (Å²) in [5.41, 5.74) is 1.75. The number of nitrogens with zero attached hydrogens (tertiary/aromatic N) is 2. The van der Waals surface area contributed by atoms with Crippen molar-refractivity contribution in [1.82, 2.24) is 9.80 Å². The SMILES string of the molecule is Cc1ccc(OCC(=O)N2CCN(CC(=O)Nc3ccccc3Cl)CC2)cc1. The summed E-state index contributed by atoms with van der Waals surface area (Å²) in [6, 6.07) is 14.8. The molecule has 2 aromatic carbocycles. The molecule has 0 saturated carbocycles. The van der Waals surface area contributed by atoms with Gasteiger partial charge >= 0.3 is 0 Å². The second-order valence-electron chi connectivity index (χ2n) is 6.79. The van der Waals surface area contributed by atoms with Crippen LogP contribution in [0.3, 0.4) is 0 Å². The minimum Gasteiger partial charge on any atom is -0.484 e. The number of amides is 2. The number of halogens is 1. The van der Waals surface area contributed by atoms with Crippen LogP contribution in [0.25, 0.3) is 0 Å². The summed E-state index contributed by atoms with van der Waals surface area (Å²) in [4.78, 5) is 28.4. The van der Waals surface area contributed by atoms with Crippen molar-refractivity contribution in [2.45, 2.75) is 6.92 Å². The first kappa shape index (κ1) is 20.2. The first-order chi connectivity index (χ1) is 13.5. The number of aryl methyl sites for hydroxylation is 1. The van der Waals surface area contributed by atoms with Gasteiger partial charge in [-0.25, -0.2) is 0 Å². The van der Waals surface area contributed by atoms with Gasteiger partial charge in [-0.15, -0.1) is 0 Å². The maximum atomic E-state index is 12.3. The molecule has 0 aliphatic carbocycles. The van der Waals surface area contributed by atoms with Crippen LogP contribution in [0.5, 0.6) is 5.75 Å². The Morgan fingerprint density at radius 1 is 1.04 bits per heavy atom. The largest absolute Gasteiger partial charge is 0.484 e. The van der Waals surface area contributed by atoms with Crippen LogP contribution >= 0.6 is 11.6 Å². The molecule has 0 spiro atoms. The standard InChI is InChI=1S/C21H24ClN3O3/c1-16-6-8-17(9-7-16)28-15-21(27)25-12-10-24(11-13-25)14-20(26)23-19-5-3-2-4-18(19)22/h2-9H,10-15H2,1H3,(H,23,26). The fourth-order valence-corrected chi connectivity index (χ4v) is 3.16. The molecule has 0 radical (unpaired) electrons. The Morgan fingerprint density at radius 2 is 1.71 bits per heavy atom. The maximum absolute atomic E-state index is 12.3. The zero-order valence-electron chi connectivity index (χ0n) is 15.9. The van der Waals surface area contributed by atoms with Gasteiger partial charge in [0.2, 0.25) is 5.91 Å². The summed E-state index contributed by atoms with van der Waals surface area (Å²) >= 11 is 6.06. The van der Waals surface area contributed by atoms with Gasteiger partial charge in [-0.3, -0.25) is 14.5 Å². The van der Waals surface area contributed by atoms with E-state index in [2.05, 4.69) is 5.32 Å². The van der Waals surface area contributed by atoms with Gasteiger partial charge in [0, 0.05) is 26.2 Å². The molecular weight excluding hydrogens is 378 g/mol. The molecule has 0 aromatic heterocycles. The van der Waals surface area contributed by atoms with Crippen LogP contribution in [0.4, 0.5) is 5.69 Å². The van der Waals surface area contributed by atoms with Gasteiger partial charge in [-0.05, 0) is 31.2 Å². The molecule has 28 heavy (non-hydrogen) atoms. The number of carbonyl (C=O) groups excluding carboxylic acids is 2. The molecule has 1 fully saturated rings. The Balaban J connectivity index is 1.40. The Hall–Kier alpha value is -2.57. The first-order valence-corrected chi connectivity index (χ1v) is 9.63. The number of rotatable bonds is 6. The van der Waals surface area contributed by atoms with Gasteiger partial charge in [0.05, 0.1) is 17.3 Å². The van der Waals surface area contributed by atoms with Crippen LogP contribution in [-0.4, -0.2) is 60.9 Å². The van der Waals surface area contributed by atoms with E-state index in [-0.39, 0.29) is 25.0 Å². The minimum absolute atomic E-state index is 0.0239. The Labute approximate surface area is 170 Å². The number of hydrogen-bond acceptors (Lipinski definition) is 4. The quantitative estimate of drug-likeness (QED) is 0.808. The van der Waals surface area contributed by atoms with Gasteiger partial charge in [-0.2, -0.15) is 0 Å². The van der Waals surface area contributed by atoms with Crippen LogP contribution in [-0.2, 0) is 9.59 Å². The lowest BCUT2D eigenvalue weighted by atomic mass is 10.2. The zero-order chi connectivity index (χ0) is 19.9. The van der Waals surface area contributed by atoms with E-state index in [1.165, 1.54) is 0 Å². The summed E-state index contributed by atoms with van der Waals surface area (Å²) in [6.45, 7) is 4.75. The van der Waals surface area contributed by atoms with Crippen LogP contribution in [0.2, 0.25) is 5.02 Å². The van der Waals surface area contributed by atoms with Crippen LogP contribution in [0.15, 0.2) is 48.5 Å². The number of carbonyl (C=O) groups is 2. The lowest BCUT2D eigenvalue weighted by Crippen LogP contribution is -2.51. The summed E-state index contributed by atoms with van der Waals surface area (Å²) in [7, 11) is 0. The number of anilines is 1. The van der Waals surface area contributed by atoms with Crippen molar-refractivity contribution in [3.63, 3.8) is 0 Å². The maximum Gasteiger partial charge on any atom is 0.260 e. The van der Waals surface area contributed by atoms with Crippen LogP contribution in [0.1, 0.15) is 5.56 Å². The highest BCUT2D eigenvalue weighted by atomic mass is 35.5. The topological polar surface area (TPSA) is 61.9 Å². The molecule has 0 atom stereocenters. The highest BCUT2D eigenvalue weighted by Crippen LogP contribution is 2.20. The van der Waals surface area contributed by atoms with Crippen LogP contribution < -0.4 is 10.1 Å². The van der Waals surface area contributed by atoms with Gasteiger partial charge in [0.25, 0.3) is 5.91 Å². The zero-order valence-corrected chi connectivity index (χ0v) is 16.6. The number of hydrogen-bond donors (Lipinski definition) is 1. The molecule has 1 N–H and O–H groups in total. The highest BCUT2D eigenvalue weighted by Gasteiger charge is 2.22. The third-order valence-electron chi connectivity index (χ3n) is 4.62. The average Bonchev–Trinajstić information content (AvgIpc) is 2.69. The normalized spacial score (nSPS) is 14.6. The second kappa shape index (κ2) is 9.57. The number of ether oxygens (including phenoxy) is 1. The van der Waals surface area contributed by atoms with E-state index >= 15 is 0 Å². The Morgan fingerprint density at radius 3 is 2.39 bits per heavy atom. The van der Waals surface area contributed by atoms with Gasteiger partial charge in [0.15, 0.2) is 6.61 Å². The predicted octanol–water partition coefficient (Wildman–Crippen LogP) is 2.81. The Kier molecular flexibility index (Phi) is 6.90. The molecule has 6 nitrogen and oxygen atoms in total. The van der Waals surface area contributed by atoms with Crippen molar-refractivity contribution in [3.8, 4) is 5.75 Å². The number of para-hydroxylation sites is 1. The molecule has 148 valence electrons. The van der Waals surface area contributed by atoms with Crippen molar-refractivity contribution in [3.05, 3.63) is 59.1 Å². The predicted molar refractivity (Wildman–Crippen MR) is 110 cm³/mol. The van der Waals surface area contributed by atoms with Crippen molar-refractivity contribution in [2.24, 2.45) is 0 Å². The minimum atomic E-state index is -0.115. The molecule has 7 heteroatoms. The van der Waals surface area contributed by atoms with E-state index in [4.69, 9.17) is 16.3 Å². The molecular formula is C21H24ClN3O3. The highest BCUT2D eigenvalue weighted by molar-refractivity contribution is 6.33. The molecule has 1 saturated heterocycles. The fraction of sp³-hybridized carbons (Fsp3) is 0.333. The lowest BCUT2D eigenvalue weighted by Gasteiger charge is -2.34. The van der Waals surface area contributed by atoms with Crippen LogP contribution in [0, 0.1) is 6.92 Å². The van der Waals surface area contributed by atoms with E-state index in [0.29, 0.717) is 42.6 Å². The number of piperazine rings is 1. The van der Waals surface area contributed by atoms with Crippen molar-refractivity contribution >= 4 is 29.1 Å². The molecule has 2 aromatic rings. The second-order valence-corrected chi connectivity index (χ2v) is 7.19. The molecule has 1 heterocycles. The fourth-order valence-electron chi connectivity index (χ4n) is 2.98. The third-order valence-corrected chi connectivity index (χ3v) is 4.95. The lowest BCUT2D eigenvalue weighted by molar-refractivity contribution is -0.135. The summed E-state index contributed by atoms with van der Waals surface area (Å²) in [5, 5.41) is 3.33. The molecule has 2 amide bonds. The summed E-state index contributed by atoms with van der Waals surface area (Å²) < 4.78 is 5.56. The van der Waals surface area contributed by atoms with Crippen molar-refractivity contribution < 1.29 is 14.3 Å². The van der Waals surface area contributed by atoms with Gasteiger partial charge in [-0.1, -0.05) is 41.4 Å². The van der Waals surface area contributed by atoms with Crippen molar-refractivity contribution in [2.75, 3.05) is 44.6 Å². The molecule has 1 aliphatic rings. The third kappa shape index (κ3) is 5.71. The monoisotopic (exact) mass is 401 g/mol. The van der Waals surface area contributed by atoms with Gasteiger partial charge in [0.1, 0.15) is 5.75 Å². The molecule has 0 bridgehead atoms. The number of nitrogens with one attached hydrogen (secondary N) is 1. The molecule has 0 unspecified atom stereocenters. The summed E-state index contributed by atoms with van der Waals surface area (Å²) in [6.07, 6.45) is 0. The summed E-state index contributed by atoms with van der Waals surface area (Å²) in [5.74, 6) is 0.533. The van der Waals surface area contributed by atoms with E-state index < -0.39 is 0 Å². The van der Waals surface area contributed by atoms with E-state index in [0.717, 1.165) is 5.56 Å². The van der Waals surface area contributed by atoms with E-state index in [9.17, 15) is 9.59 Å².